The van der Waals surface area contributed by atoms with Gasteiger partial charge in [-0.05, 0) is 32.0 Å². The van der Waals surface area contributed by atoms with Gasteiger partial charge in [0.05, 0.1) is 4.70 Å². The van der Waals surface area contributed by atoms with Crippen LogP contribution in [0.4, 0.5) is 5.69 Å². The number of pyridine rings is 1. The van der Waals surface area contributed by atoms with Crippen molar-refractivity contribution in [3.63, 3.8) is 0 Å². The van der Waals surface area contributed by atoms with E-state index >= 15 is 0 Å². The molecule has 7 heteroatoms. The summed E-state index contributed by atoms with van der Waals surface area (Å²) in [5.74, 6) is -1.32. The Morgan fingerprint density at radius 2 is 2.09 bits per heavy atom. The molecule has 0 fully saturated rings. The number of thiophene rings is 1. The van der Waals surface area contributed by atoms with Crippen molar-refractivity contribution >= 4 is 54.7 Å². The number of anilines is 1. The van der Waals surface area contributed by atoms with Crippen LogP contribution in [0.5, 0.6) is 5.75 Å². The molecule has 0 unspecified atom stereocenters. The van der Waals surface area contributed by atoms with Gasteiger partial charge in [-0.15, -0.1) is 11.3 Å². The van der Waals surface area contributed by atoms with E-state index < -0.39 is 5.91 Å². The molecule has 0 saturated carbocycles. The molecule has 0 aliphatic rings. The molecule has 2 aromatic heterocycles. The van der Waals surface area contributed by atoms with Crippen LogP contribution in [-0.2, 0) is 0 Å². The van der Waals surface area contributed by atoms with Crippen molar-refractivity contribution in [2.75, 3.05) is 18.0 Å². The molecular formula is C16H15ClN3O2S. The standard InChI is InChI=1S/C16H15ClN3O2S/c1-3-20(4-2)8-5-6-10-9(7-8)11-14(23-10)13(21)12(16(18)22)19-15(11)17/h5-7,18,21H,3-4H2,1-2H3. The largest absolute Gasteiger partial charge is 0.504 e. The number of amides is 1. The molecule has 1 amide bonds. The average molecular weight is 349 g/mol. The van der Waals surface area contributed by atoms with Gasteiger partial charge in [-0.1, -0.05) is 11.6 Å². The molecule has 0 bridgehead atoms. The molecule has 0 aliphatic carbocycles. The summed E-state index contributed by atoms with van der Waals surface area (Å²) in [5.41, 5.74) is 7.94. The van der Waals surface area contributed by atoms with Gasteiger partial charge in [0.2, 0.25) is 0 Å². The van der Waals surface area contributed by atoms with E-state index in [0.29, 0.717) is 10.1 Å². The molecule has 0 atom stereocenters. The molecule has 3 rings (SSSR count). The Bertz CT molecular complexity index is 919. The predicted molar refractivity (Wildman–Crippen MR) is 94.8 cm³/mol. The van der Waals surface area contributed by atoms with E-state index in [1.165, 1.54) is 11.3 Å². The Hall–Kier alpha value is -2.05. The number of aromatic nitrogens is 1. The molecule has 2 heterocycles. The SMILES string of the molecule is CCN(CC)c1ccc2sc3c(O)c(C([NH])=O)nc(Cl)c3c2c1. The summed E-state index contributed by atoms with van der Waals surface area (Å²) in [6.45, 7) is 5.95. The normalized spacial score (nSPS) is 11.3. The number of nitrogens with zero attached hydrogens (tertiary/aromatic N) is 2. The maximum absolute atomic E-state index is 11.3. The Labute approximate surface area is 142 Å². The Kier molecular flexibility index (Phi) is 4.04. The van der Waals surface area contributed by atoms with Gasteiger partial charge >= 0.3 is 0 Å². The minimum absolute atomic E-state index is 0.136. The summed E-state index contributed by atoms with van der Waals surface area (Å²) >= 11 is 7.57. The maximum atomic E-state index is 11.3. The van der Waals surface area contributed by atoms with Crippen molar-refractivity contribution in [1.29, 1.82) is 0 Å². The smallest absolute Gasteiger partial charge is 0.292 e. The van der Waals surface area contributed by atoms with Gasteiger partial charge in [0.25, 0.3) is 5.91 Å². The highest BCUT2D eigenvalue weighted by molar-refractivity contribution is 7.26. The van der Waals surface area contributed by atoms with Crippen molar-refractivity contribution in [3.8, 4) is 5.75 Å². The molecular weight excluding hydrogens is 334 g/mol. The summed E-state index contributed by atoms with van der Waals surface area (Å²) in [7, 11) is 0. The minimum Gasteiger partial charge on any atom is -0.504 e. The quantitative estimate of drug-likeness (QED) is 0.721. The lowest BCUT2D eigenvalue weighted by molar-refractivity contribution is 0.0985. The van der Waals surface area contributed by atoms with Crippen LogP contribution < -0.4 is 10.6 Å². The van der Waals surface area contributed by atoms with E-state index in [4.69, 9.17) is 17.3 Å². The van der Waals surface area contributed by atoms with Gasteiger partial charge in [-0.25, -0.2) is 4.98 Å². The fraction of sp³-hybridized carbons (Fsp3) is 0.250. The third kappa shape index (κ3) is 2.48. The van der Waals surface area contributed by atoms with Crippen molar-refractivity contribution in [3.05, 3.63) is 29.0 Å². The van der Waals surface area contributed by atoms with Gasteiger partial charge < -0.3 is 10.0 Å². The van der Waals surface area contributed by atoms with E-state index in [2.05, 4.69) is 23.7 Å². The minimum atomic E-state index is -1.05. The highest BCUT2D eigenvalue weighted by Crippen LogP contribution is 2.44. The van der Waals surface area contributed by atoms with E-state index in [-0.39, 0.29) is 16.6 Å². The van der Waals surface area contributed by atoms with Gasteiger partial charge in [-0.3, -0.25) is 10.5 Å². The second-order valence-corrected chi connectivity index (χ2v) is 6.50. The van der Waals surface area contributed by atoms with Crippen LogP contribution in [0.2, 0.25) is 5.15 Å². The van der Waals surface area contributed by atoms with Crippen LogP contribution >= 0.6 is 22.9 Å². The van der Waals surface area contributed by atoms with Crippen molar-refractivity contribution in [2.24, 2.45) is 0 Å². The molecule has 0 spiro atoms. The third-order valence-corrected chi connectivity index (χ3v) is 5.32. The molecule has 1 aromatic carbocycles. The van der Waals surface area contributed by atoms with Crippen molar-refractivity contribution in [1.82, 2.24) is 10.7 Å². The molecule has 2 N–H and O–H groups in total. The van der Waals surface area contributed by atoms with E-state index in [1.54, 1.807) is 0 Å². The first-order valence-electron chi connectivity index (χ1n) is 7.23. The lowest BCUT2D eigenvalue weighted by atomic mass is 10.1. The second kappa shape index (κ2) is 5.86. The lowest BCUT2D eigenvalue weighted by Gasteiger charge is -2.21. The van der Waals surface area contributed by atoms with Crippen LogP contribution in [0.3, 0.4) is 0 Å². The van der Waals surface area contributed by atoms with Crippen LogP contribution in [0.25, 0.3) is 20.2 Å². The molecule has 0 aliphatic heterocycles. The number of rotatable bonds is 4. The summed E-state index contributed by atoms with van der Waals surface area (Å²) in [6.07, 6.45) is 0. The van der Waals surface area contributed by atoms with Gasteiger partial charge in [0.15, 0.2) is 11.4 Å². The summed E-state index contributed by atoms with van der Waals surface area (Å²) in [4.78, 5) is 17.4. The van der Waals surface area contributed by atoms with Crippen molar-refractivity contribution in [2.45, 2.75) is 13.8 Å². The van der Waals surface area contributed by atoms with E-state index in [9.17, 15) is 9.90 Å². The Balaban J connectivity index is 2.34. The molecule has 119 valence electrons. The Morgan fingerprint density at radius 3 is 2.70 bits per heavy atom. The topological polar surface area (TPSA) is 77.2 Å². The number of nitrogens with one attached hydrogen (secondary N) is 1. The fourth-order valence-electron chi connectivity index (χ4n) is 2.72. The molecule has 0 saturated heterocycles. The van der Waals surface area contributed by atoms with E-state index in [0.717, 1.165) is 28.9 Å². The molecule has 23 heavy (non-hydrogen) atoms. The lowest BCUT2D eigenvalue weighted by Crippen LogP contribution is -2.21. The number of carbonyl (C=O) groups excluding carboxylic acids is 1. The first-order chi connectivity index (χ1) is 11.0. The first-order valence-corrected chi connectivity index (χ1v) is 8.42. The summed E-state index contributed by atoms with van der Waals surface area (Å²) in [6, 6.07) is 6.03. The number of fused-ring (bicyclic) bond motifs is 3. The first kappa shape index (κ1) is 15.8. The molecule has 5 nitrogen and oxygen atoms in total. The van der Waals surface area contributed by atoms with Gasteiger partial charge in [-0.2, -0.15) is 0 Å². The van der Waals surface area contributed by atoms with Crippen LogP contribution in [0.15, 0.2) is 18.2 Å². The number of halogens is 1. The second-order valence-electron chi connectivity index (χ2n) is 5.09. The van der Waals surface area contributed by atoms with E-state index in [1.807, 2.05) is 18.2 Å². The average Bonchev–Trinajstić information content (AvgIpc) is 2.91. The molecule has 3 aromatic rings. The monoisotopic (exact) mass is 348 g/mol. The fourth-order valence-corrected chi connectivity index (χ4v) is 4.18. The number of hydrogen-bond acceptors (Lipinski definition) is 5. The number of aromatic hydroxyl groups is 1. The summed E-state index contributed by atoms with van der Waals surface area (Å²) < 4.78 is 1.44. The Morgan fingerprint density at radius 1 is 1.39 bits per heavy atom. The van der Waals surface area contributed by atoms with Gasteiger partial charge in [0.1, 0.15) is 5.15 Å². The zero-order valence-corrected chi connectivity index (χ0v) is 14.3. The predicted octanol–water partition coefficient (Wildman–Crippen LogP) is 4.08. The zero-order chi connectivity index (χ0) is 16.7. The number of carbonyl (C=O) groups is 1. The summed E-state index contributed by atoms with van der Waals surface area (Å²) in [5, 5.41) is 11.9. The van der Waals surface area contributed by atoms with Gasteiger partial charge in [0, 0.05) is 34.2 Å². The number of benzene rings is 1. The highest BCUT2D eigenvalue weighted by atomic mass is 35.5. The van der Waals surface area contributed by atoms with Crippen molar-refractivity contribution < 1.29 is 9.90 Å². The highest BCUT2D eigenvalue weighted by Gasteiger charge is 2.21. The molecule has 1 radical (unpaired) electrons. The third-order valence-electron chi connectivity index (χ3n) is 3.87. The maximum Gasteiger partial charge on any atom is 0.292 e. The zero-order valence-electron chi connectivity index (χ0n) is 12.7. The number of hydrogen-bond donors (Lipinski definition) is 1. The van der Waals surface area contributed by atoms with Crippen LogP contribution in [0.1, 0.15) is 24.3 Å². The van der Waals surface area contributed by atoms with Crippen LogP contribution in [0, 0.1) is 0 Å². The van der Waals surface area contributed by atoms with Crippen LogP contribution in [-0.4, -0.2) is 29.1 Å².